The molecule has 2 rings (SSSR count). The Morgan fingerprint density at radius 2 is 2.00 bits per heavy atom. The smallest absolute Gasteiger partial charge is 0.337 e. The van der Waals surface area contributed by atoms with Crippen LogP contribution in [0.3, 0.4) is 0 Å². The number of nitrogens with one attached hydrogen (secondary N) is 1. The summed E-state index contributed by atoms with van der Waals surface area (Å²) < 4.78 is 0. The van der Waals surface area contributed by atoms with Crippen LogP contribution in [0.5, 0.6) is 0 Å². The average Bonchev–Trinajstić information content (AvgIpc) is 3.02. The number of carbonyl (C=O) groups excluding carboxylic acids is 1. The molecule has 0 heterocycles. The molecule has 0 saturated heterocycles. The molecule has 1 aromatic rings. The summed E-state index contributed by atoms with van der Waals surface area (Å²) >= 11 is 0. The standard InChI is InChI=1S/C15H20N2O3/c1-15(2)8-10(15)9-16-14(20)17(3)12-7-5-4-6-11(12)13(18)19/h4-7,10H,8-9H2,1-3H3,(H,16,20)(H,18,19). The number of benzene rings is 1. The van der Waals surface area contributed by atoms with E-state index in [0.717, 1.165) is 6.42 Å². The third kappa shape index (κ3) is 2.92. The molecule has 0 aromatic heterocycles. The Morgan fingerprint density at radius 3 is 2.55 bits per heavy atom. The SMILES string of the molecule is CN(C(=O)NCC1CC1(C)C)c1ccccc1C(=O)O. The van der Waals surface area contributed by atoms with Gasteiger partial charge in [0, 0.05) is 13.6 Å². The highest BCUT2D eigenvalue weighted by atomic mass is 16.4. The summed E-state index contributed by atoms with van der Waals surface area (Å²) in [7, 11) is 1.58. The number of hydrogen-bond donors (Lipinski definition) is 2. The Hall–Kier alpha value is -2.04. The lowest BCUT2D eigenvalue weighted by Gasteiger charge is -2.20. The lowest BCUT2D eigenvalue weighted by atomic mass is 10.1. The van der Waals surface area contributed by atoms with Gasteiger partial charge in [0.15, 0.2) is 0 Å². The number of hydrogen-bond acceptors (Lipinski definition) is 2. The van der Waals surface area contributed by atoms with Crippen LogP contribution in [0.2, 0.25) is 0 Å². The average molecular weight is 276 g/mol. The summed E-state index contributed by atoms with van der Waals surface area (Å²) in [5.74, 6) is -0.529. The van der Waals surface area contributed by atoms with Gasteiger partial charge in [0.2, 0.25) is 0 Å². The summed E-state index contributed by atoms with van der Waals surface area (Å²) in [6.07, 6.45) is 1.11. The van der Waals surface area contributed by atoms with E-state index in [9.17, 15) is 9.59 Å². The van der Waals surface area contributed by atoms with Gasteiger partial charge >= 0.3 is 12.0 Å². The fourth-order valence-corrected chi connectivity index (χ4v) is 2.31. The number of carbonyl (C=O) groups is 2. The first-order valence-corrected chi connectivity index (χ1v) is 6.67. The number of rotatable bonds is 4. The third-order valence-electron chi connectivity index (χ3n) is 4.02. The third-order valence-corrected chi connectivity index (χ3v) is 4.02. The molecule has 1 aliphatic carbocycles. The van der Waals surface area contributed by atoms with Crippen molar-refractivity contribution in [2.45, 2.75) is 20.3 Å². The van der Waals surface area contributed by atoms with Crippen molar-refractivity contribution in [3.63, 3.8) is 0 Å². The predicted molar refractivity (Wildman–Crippen MR) is 77.1 cm³/mol. The van der Waals surface area contributed by atoms with E-state index in [4.69, 9.17) is 5.11 Å². The first-order chi connectivity index (χ1) is 9.33. The van der Waals surface area contributed by atoms with E-state index < -0.39 is 5.97 Å². The molecular formula is C15H20N2O3. The number of aromatic carboxylic acids is 1. The molecule has 0 spiro atoms. The van der Waals surface area contributed by atoms with Crippen molar-refractivity contribution in [2.24, 2.45) is 11.3 Å². The number of amides is 2. The minimum absolute atomic E-state index is 0.122. The van der Waals surface area contributed by atoms with Crippen molar-refractivity contribution in [3.8, 4) is 0 Å². The molecule has 0 aliphatic heterocycles. The van der Waals surface area contributed by atoms with Crippen LogP contribution in [0.25, 0.3) is 0 Å². The number of anilines is 1. The van der Waals surface area contributed by atoms with Gasteiger partial charge in [-0.15, -0.1) is 0 Å². The van der Waals surface area contributed by atoms with Crippen molar-refractivity contribution in [2.75, 3.05) is 18.5 Å². The maximum Gasteiger partial charge on any atom is 0.337 e. The van der Waals surface area contributed by atoms with Crippen LogP contribution in [-0.2, 0) is 0 Å². The molecule has 1 aliphatic rings. The van der Waals surface area contributed by atoms with Crippen LogP contribution in [0.1, 0.15) is 30.6 Å². The summed E-state index contributed by atoms with van der Waals surface area (Å²) in [6.45, 7) is 4.98. The lowest BCUT2D eigenvalue weighted by Crippen LogP contribution is -2.39. The predicted octanol–water partition coefficient (Wildman–Crippen LogP) is 2.58. The Bertz CT molecular complexity index is 540. The van der Waals surface area contributed by atoms with Gasteiger partial charge in [-0.1, -0.05) is 26.0 Å². The molecule has 20 heavy (non-hydrogen) atoms. The lowest BCUT2D eigenvalue weighted by molar-refractivity contribution is 0.0697. The topological polar surface area (TPSA) is 69.6 Å². The van der Waals surface area contributed by atoms with E-state index >= 15 is 0 Å². The zero-order chi connectivity index (χ0) is 14.9. The minimum Gasteiger partial charge on any atom is -0.478 e. The zero-order valence-electron chi connectivity index (χ0n) is 12.0. The zero-order valence-corrected chi connectivity index (χ0v) is 12.0. The van der Waals surface area contributed by atoms with Crippen molar-refractivity contribution in [1.29, 1.82) is 0 Å². The molecule has 108 valence electrons. The monoisotopic (exact) mass is 276 g/mol. The molecule has 1 unspecified atom stereocenters. The maximum atomic E-state index is 12.1. The van der Waals surface area contributed by atoms with E-state index in [1.165, 1.54) is 11.0 Å². The molecule has 5 heteroatoms. The normalized spacial score (nSPS) is 19.2. The van der Waals surface area contributed by atoms with Gasteiger partial charge in [-0.3, -0.25) is 4.90 Å². The van der Waals surface area contributed by atoms with Gasteiger partial charge in [-0.05, 0) is 29.9 Å². The molecule has 1 aromatic carbocycles. The van der Waals surface area contributed by atoms with Crippen LogP contribution in [0.15, 0.2) is 24.3 Å². The van der Waals surface area contributed by atoms with Crippen LogP contribution >= 0.6 is 0 Å². The second kappa shape index (κ2) is 5.15. The Balaban J connectivity index is 2.02. The summed E-state index contributed by atoms with van der Waals surface area (Å²) in [5.41, 5.74) is 0.828. The van der Waals surface area contributed by atoms with Crippen LogP contribution < -0.4 is 10.2 Å². The Morgan fingerprint density at radius 1 is 1.40 bits per heavy atom. The summed E-state index contributed by atoms with van der Waals surface area (Å²) in [4.78, 5) is 24.6. The molecule has 1 fully saturated rings. The molecule has 2 amide bonds. The molecule has 0 bridgehead atoms. The van der Waals surface area contributed by atoms with E-state index in [1.54, 1.807) is 25.2 Å². The minimum atomic E-state index is -1.04. The van der Waals surface area contributed by atoms with Crippen molar-refractivity contribution in [1.82, 2.24) is 5.32 Å². The fourth-order valence-electron chi connectivity index (χ4n) is 2.31. The van der Waals surface area contributed by atoms with Gasteiger partial charge < -0.3 is 10.4 Å². The highest BCUT2D eigenvalue weighted by molar-refractivity contribution is 6.01. The van der Waals surface area contributed by atoms with E-state index in [1.807, 2.05) is 0 Å². The second-order valence-electron chi connectivity index (χ2n) is 5.96. The number of para-hydroxylation sites is 1. The van der Waals surface area contributed by atoms with Gasteiger partial charge in [0.25, 0.3) is 0 Å². The number of carboxylic acid groups (broad SMARTS) is 1. The fraction of sp³-hybridized carbons (Fsp3) is 0.467. The Kier molecular flexibility index (Phi) is 3.70. The number of urea groups is 1. The summed E-state index contributed by atoms with van der Waals surface area (Å²) in [6, 6.07) is 6.21. The highest BCUT2D eigenvalue weighted by Crippen LogP contribution is 2.50. The van der Waals surface area contributed by atoms with Crippen LogP contribution in [-0.4, -0.2) is 30.7 Å². The van der Waals surface area contributed by atoms with Gasteiger partial charge in [0.05, 0.1) is 11.3 Å². The number of nitrogens with zero attached hydrogens (tertiary/aromatic N) is 1. The van der Waals surface area contributed by atoms with Gasteiger partial charge in [0.1, 0.15) is 0 Å². The van der Waals surface area contributed by atoms with Gasteiger partial charge in [-0.2, -0.15) is 0 Å². The second-order valence-corrected chi connectivity index (χ2v) is 5.96. The Labute approximate surface area is 118 Å². The highest BCUT2D eigenvalue weighted by Gasteiger charge is 2.45. The summed E-state index contributed by atoms with van der Waals surface area (Å²) in [5, 5.41) is 12.0. The molecular weight excluding hydrogens is 256 g/mol. The van der Waals surface area contributed by atoms with Crippen molar-refractivity contribution in [3.05, 3.63) is 29.8 Å². The molecule has 1 atom stereocenters. The molecule has 2 N–H and O–H groups in total. The van der Waals surface area contributed by atoms with Crippen LogP contribution in [0, 0.1) is 11.3 Å². The van der Waals surface area contributed by atoms with Crippen molar-refractivity contribution < 1.29 is 14.7 Å². The van der Waals surface area contributed by atoms with E-state index in [2.05, 4.69) is 19.2 Å². The quantitative estimate of drug-likeness (QED) is 0.888. The van der Waals surface area contributed by atoms with Gasteiger partial charge in [-0.25, -0.2) is 9.59 Å². The van der Waals surface area contributed by atoms with E-state index in [0.29, 0.717) is 23.6 Å². The first-order valence-electron chi connectivity index (χ1n) is 6.67. The van der Waals surface area contributed by atoms with E-state index in [-0.39, 0.29) is 11.6 Å². The maximum absolute atomic E-state index is 12.1. The van der Waals surface area contributed by atoms with Crippen molar-refractivity contribution >= 4 is 17.7 Å². The number of carboxylic acids is 1. The first kappa shape index (κ1) is 14.4. The van der Waals surface area contributed by atoms with Crippen LogP contribution in [0.4, 0.5) is 10.5 Å². The molecule has 0 radical (unpaired) electrons. The molecule has 1 saturated carbocycles. The molecule has 5 nitrogen and oxygen atoms in total. The largest absolute Gasteiger partial charge is 0.478 e.